The second kappa shape index (κ2) is 4.10. The smallest absolute Gasteiger partial charge is 0.259 e. The second-order valence-electron chi connectivity index (χ2n) is 4.64. The Kier molecular flexibility index (Phi) is 2.56. The Morgan fingerprint density at radius 2 is 1.94 bits per heavy atom. The molecule has 92 valence electrons. The Morgan fingerprint density at radius 3 is 2.67 bits per heavy atom. The van der Waals surface area contributed by atoms with E-state index in [1.165, 1.54) is 0 Å². The molecule has 0 aliphatic carbocycles. The van der Waals surface area contributed by atoms with Gasteiger partial charge in [-0.25, -0.2) is 0 Å². The number of ether oxygens (including phenoxy) is 1. The number of hydrogen-bond acceptors (Lipinski definition) is 2. The van der Waals surface area contributed by atoms with Crippen LogP contribution in [0, 0.1) is 0 Å². The van der Waals surface area contributed by atoms with Crippen molar-refractivity contribution < 1.29 is 9.53 Å². The third-order valence-electron chi connectivity index (χ3n) is 3.49. The average Bonchev–Trinajstić information content (AvgIpc) is 2.67. The molecule has 0 N–H and O–H groups in total. The van der Waals surface area contributed by atoms with E-state index in [1.807, 2.05) is 48.2 Å². The van der Waals surface area contributed by atoms with Crippen LogP contribution in [0.2, 0.25) is 0 Å². The monoisotopic (exact) mass is 241 g/mol. The topological polar surface area (TPSA) is 29.5 Å². The molecule has 0 spiro atoms. The van der Waals surface area contributed by atoms with Crippen molar-refractivity contribution in [1.29, 1.82) is 0 Å². The van der Waals surface area contributed by atoms with Crippen LogP contribution < -0.4 is 4.90 Å². The molecule has 18 heavy (non-hydrogen) atoms. The largest absolute Gasteiger partial charge is 0.380 e. The van der Waals surface area contributed by atoms with E-state index in [9.17, 15) is 4.79 Å². The Morgan fingerprint density at radius 1 is 1.22 bits per heavy atom. The minimum absolute atomic E-state index is 0.0264. The molecule has 1 aliphatic heterocycles. The summed E-state index contributed by atoms with van der Waals surface area (Å²) in [5, 5.41) is 2.18. The van der Waals surface area contributed by atoms with Gasteiger partial charge < -0.3 is 9.64 Å². The maximum absolute atomic E-state index is 12.4. The molecule has 3 heteroatoms. The van der Waals surface area contributed by atoms with E-state index in [0.29, 0.717) is 6.54 Å². The van der Waals surface area contributed by atoms with Crippen molar-refractivity contribution in [3.05, 3.63) is 42.0 Å². The number of benzene rings is 2. The van der Waals surface area contributed by atoms with E-state index in [0.717, 1.165) is 22.0 Å². The molecule has 1 heterocycles. The molecular formula is C15H15NO2. The van der Waals surface area contributed by atoms with Crippen LogP contribution in [0.15, 0.2) is 36.4 Å². The van der Waals surface area contributed by atoms with Gasteiger partial charge in [0.15, 0.2) is 0 Å². The number of carbonyl (C=O) groups excluding carboxylic acids is 1. The maximum atomic E-state index is 12.4. The van der Waals surface area contributed by atoms with Crippen molar-refractivity contribution in [2.24, 2.45) is 0 Å². The molecular weight excluding hydrogens is 226 g/mol. The highest BCUT2D eigenvalue weighted by Crippen LogP contribution is 2.37. The van der Waals surface area contributed by atoms with Crippen LogP contribution in [0.5, 0.6) is 0 Å². The summed E-state index contributed by atoms with van der Waals surface area (Å²) in [5.74, 6) is 0.0747. The molecule has 3 rings (SSSR count). The minimum Gasteiger partial charge on any atom is -0.380 e. The maximum Gasteiger partial charge on any atom is 0.259 e. The van der Waals surface area contributed by atoms with Crippen molar-refractivity contribution in [3.8, 4) is 0 Å². The lowest BCUT2D eigenvalue weighted by molar-refractivity contribution is 0.0936. The molecule has 0 saturated heterocycles. The predicted octanol–water partition coefficient (Wildman–Crippen LogP) is 2.83. The minimum atomic E-state index is 0.0264. The summed E-state index contributed by atoms with van der Waals surface area (Å²) in [4.78, 5) is 14.2. The predicted molar refractivity (Wildman–Crippen MR) is 72.1 cm³/mol. The van der Waals surface area contributed by atoms with Gasteiger partial charge in [-0.2, -0.15) is 0 Å². The van der Waals surface area contributed by atoms with Gasteiger partial charge in [-0.3, -0.25) is 4.79 Å². The summed E-state index contributed by atoms with van der Waals surface area (Å²) in [7, 11) is 1.67. The van der Waals surface area contributed by atoms with Crippen molar-refractivity contribution >= 4 is 22.4 Å². The van der Waals surface area contributed by atoms with E-state index < -0.39 is 0 Å². The van der Waals surface area contributed by atoms with E-state index in [4.69, 9.17) is 4.74 Å². The highest BCUT2D eigenvalue weighted by molar-refractivity contribution is 6.25. The summed E-state index contributed by atoms with van der Waals surface area (Å²) in [6.07, 6.45) is 0.0264. The fourth-order valence-electron chi connectivity index (χ4n) is 2.49. The first-order valence-corrected chi connectivity index (χ1v) is 6.09. The lowest BCUT2D eigenvalue weighted by Gasteiger charge is -2.21. The summed E-state index contributed by atoms with van der Waals surface area (Å²) >= 11 is 0. The average molecular weight is 241 g/mol. The quantitative estimate of drug-likeness (QED) is 0.827. The first-order chi connectivity index (χ1) is 8.72. The Hall–Kier alpha value is -1.87. The molecule has 1 amide bonds. The van der Waals surface area contributed by atoms with Crippen LogP contribution in [0.25, 0.3) is 10.8 Å². The van der Waals surface area contributed by atoms with Crippen LogP contribution in [-0.2, 0) is 4.74 Å². The van der Waals surface area contributed by atoms with Crippen LogP contribution in [0.4, 0.5) is 5.69 Å². The molecule has 0 fully saturated rings. The zero-order chi connectivity index (χ0) is 12.7. The van der Waals surface area contributed by atoms with E-state index in [-0.39, 0.29) is 12.0 Å². The van der Waals surface area contributed by atoms with Gasteiger partial charge in [0.05, 0.1) is 18.3 Å². The SMILES string of the molecule is COC(C)CN1C(=O)c2cccc3cccc1c23. The first-order valence-electron chi connectivity index (χ1n) is 6.09. The summed E-state index contributed by atoms with van der Waals surface area (Å²) < 4.78 is 5.26. The number of amides is 1. The van der Waals surface area contributed by atoms with Crippen molar-refractivity contribution in [1.82, 2.24) is 0 Å². The number of rotatable bonds is 3. The first kappa shape index (κ1) is 11.2. The van der Waals surface area contributed by atoms with Crippen molar-refractivity contribution in [2.45, 2.75) is 13.0 Å². The fourth-order valence-corrected chi connectivity index (χ4v) is 2.49. The zero-order valence-electron chi connectivity index (χ0n) is 10.5. The summed E-state index contributed by atoms with van der Waals surface area (Å²) in [6, 6.07) is 11.9. The number of carbonyl (C=O) groups is 1. The van der Waals surface area contributed by atoms with E-state index >= 15 is 0 Å². The standard InChI is InChI=1S/C15H15NO2/c1-10(18-2)9-16-13-8-4-6-11-5-3-7-12(14(11)13)15(16)17/h3-8,10H,9H2,1-2H3. The highest BCUT2D eigenvalue weighted by atomic mass is 16.5. The van der Waals surface area contributed by atoms with Gasteiger partial charge in [0.2, 0.25) is 0 Å². The fraction of sp³-hybridized carbons (Fsp3) is 0.267. The summed E-state index contributed by atoms with van der Waals surface area (Å²) in [5.41, 5.74) is 1.79. The van der Waals surface area contributed by atoms with Crippen LogP contribution in [0.1, 0.15) is 17.3 Å². The molecule has 0 radical (unpaired) electrons. The molecule has 1 aliphatic rings. The van der Waals surface area contributed by atoms with Gasteiger partial charge in [0.1, 0.15) is 0 Å². The molecule has 0 aromatic heterocycles. The molecule has 0 bridgehead atoms. The number of anilines is 1. The molecule has 1 atom stereocenters. The molecule has 3 nitrogen and oxygen atoms in total. The Labute approximate surface area is 106 Å². The molecule has 2 aromatic carbocycles. The third-order valence-corrected chi connectivity index (χ3v) is 3.49. The van der Waals surface area contributed by atoms with Crippen LogP contribution >= 0.6 is 0 Å². The Bertz CT molecular complexity index is 616. The van der Waals surface area contributed by atoms with Crippen LogP contribution in [-0.4, -0.2) is 25.7 Å². The van der Waals surface area contributed by atoms with E-state index in [2.05, 4.69) is 0 Å². The lowest BCUT2D eigenvalue weighted by Crippen LogP contribution is -2.34. The van der Waals surface area contributed by atoms with Crippen molar-refractivity contribution in [3.63, 3.8) is 0 Å². The number of hydrogen-bond donors (Lipinski definition) is 0. The number of nitrogens with zero attached hydrogens (tertiary/aromatic N) is 1. The van der Waals surface area contributed by atoms with Gasteiger partial charge in [-0.15, -0.1) is 0 Å². The normalized spacial score (nSPS) is 15.4. The summed E-state index contributed by atoms with van der Waals surface area (Å²) in [6.45, 7) is 2.56. The molecule has 1 unspecified atom stereocenters. The molecule has 0 saturated carbocycles. The van der Waals surface area contributed by atoms with Crippen LogP contribution in [0.3, 0.4) is 0 Å². The number of methoxy groups -OCH3 is 1. The van der Waals surface area contributed by atoms with Crippen molar-refractivity contribution in [2.75, 3.05) is 18.6 Å². The third kappa shape index (κ3) is 1.51. The van der Waals surface area contributed by atoms with Gasteiger partial charge in [-0.05, 0) is 24.4 Å². The second-order valence-corrected chi connectivity index (χ2v) is 4.64. The lowest BCUT2D eigenvalue weighted by atomic mass is 10.1. The molecule has 2 aromatic rings. The van der Waals surface area contributed by atoms with Gasteiger partial charge in [0.25, 0.3) is 5.91 Å². The Balaban J connectivity index is 2.13. The van der Waals surface area contributed by atoms with Gasteiger partial charge >= 0.3 is 0 Å². The zero-order valence-corrected chi connectivity index (χ0v) is 10.5. The van der Waals surface area contributed by atoms with Gasteiger partial charge in [0, 0.05) is 18.1 Å². The van der Waals surface area contributed by atoms with E-state index in [1.54, 1.807) is 7.11 Å². The van der Waals surface area contributed by atoms with Gasteiger partial charge in [-0.1, -0.05) is 24.3 Å². The highest BCUT2D eigenvalue weighted by Gasteiger charge is 2.30.